The Kier molecular flexibility index (Phi) is 4.14. The maximum atomic E-state index is 10.0. The molecule has 0 aliphatic carbocycles. The predicted octanol–water partition coefficient (Wildman–Crippen LogP) is 3.23. The molecule has 6 heteroatoms. The number of ether oxygens (including phenoxy) is 1. The molecular weight excluding hydrogens is 441 g/mol. The van der Waals surface area contributed by atoms with Gasteiger partial charge in [-0.3, -0.25) is 4.90 Å². The molecule has 3 heterocycles. The summed E-state index contributed by atoms with van der Waals surface area (Å²) in [5.74, 6) is 2.62. The van der Waals surface area contributed by atoms with Crippen LogP contribution in [0, 0.1) is 3.57 Å². The third-order valence-electron chi connectivity index (χ3n) is 5.39. The number of aliphatic imine (C=N–C) groups is 1. The lowest BCUT2D eigenvalue weighted by Gasteiger charge is -2.39. The lowest BCUT2D eigenvalue weighted by Crippen LogP contribution is -2.52. The van der Waals surface area contributed by atoms with Gasteiger partial charge in [0, 0.05) is 35.8 Å². The van der Waals surface area contributed by atoms with E-state index in [0.717, 1.165) is 64.8 Å². The molecule has 2 atom stereocenters. The average Bonchev–Trinajstić information content (AvgIpc) is 2.92. The number of benzene rings is 2. The van der Waals surface area contributed by atoms with Crippen molar-refractivity contribution in [3.63, 3.8) is 0 Å². The maximum Gasteiger partial charge on any atom is 0.153 e. The second-order valence-corrected chi connectivity index (χ2v) is 8.38. The summed E-state index contributed by atoms with van der Waals surface area (Å²) in [5.41, 5.74) is 1.91. The van der Waals surface area contributed by atoms with Crippen LogP contribution in [0.2, 0.25) is 0 Å². The average molecular weight is 461 g/mol. The van der Waals surface area contributed by atoms with Gasteiger partial charge < -0.3 is 14.7 Å². The van der Waals surface area contributed by atoms with E-state index in [9.17, 15) is 5.11 Å². The summed E-state index contributed by atoms with van der Waals surface area (Å²) in [6.45, 7) is 3.56. The fourth-order valence-corrected chi connectivity index (χ4v) is 4.62. The topological polar surface area (TPSA) is 48.3 Å². The minimum absolute atomic E-state index is 0.200. The van der Waals surface area contributed by atoms with Crippen LogP contribution in [-0.4, -0.2) is 59.1 Å². The van der Waals surface area contributed by atoms with Crippen LogP contribution in [0.15, 0.2) is 47.5 Å². The molecule has 134 valence electrons. The van der Waals surface area contributed by atoms with Gasteiger partial charge in [0.15, 0.2) is 5.75 Å². The van der Waals surface area contributed by atoms with Gasteiger partial charge in [0.2, 0.25) is 0 Å². The largest absolute Gasteiger partial charge is 0.454 e. The van der Waals surface area contributed by atoms with E-state index in [-0.39, 0.29) is 6.10 Å². The number of amidine groups is 1. The minimum atomic E-state index is -0.200. The second-order valence-electron chi connectivity index (χ2n) is 7.13. The van der Waals surface area contributed by atoms with Gasteiger partial charge in [0.25, 0.3) is 0 Å². The van der Waals surface area contributed by atoms with Crippen LogP contribution in [0.4, 0.5) is 5.69 Å². The number of aliphatic hydroxyl groups is 1. The highest BCUT2D eigenvalue weighted by molar-refractivity contribution is 14.1. The zero-order valence-electron chi connectivity index (χ0n) is 14.3. The van der Waals surface area contributed by atoms with Crippen LogP contribution in [0.25, 0.3) is 0 Å². The van der Waals surface area contributed by atoms with Crippen LogP contribution in [0.3, 0.4) is 0 Å². The number of hydrogen-bond acceptors (Lipinski definition) is 5. The molecule has 2 saturated heterocycles. The summed E-state index contributed by atoms with van der Waals surface area (Å²) in [4.78, 5) is 9.79. The first-order chi connectivity index (χ1) is 12.7. The number of hydrogen-bond donors (Lipinski definition) is 1. The Labute approximate surface area is 166 Å². The Morgan fingerprint density at radius 3 is 2.88 bits per heavy atom. The molecule has 0 bridgehead atoms. The predicted molar refractivity (Wildman–Crippen MR) is 109 cm³/mol. The molecule has 0 aromatic heterocycles. The summed E-state index contributed by atoms with van der Waals surface area (Å²) in [6, 6.07) is 14.6. The van der Waals surface area contributed by atoms with E-state index in [1.165, 1.54) is 0 Å². The van der Waals surface area contributed by atoms with E-state index >= 15 is 0 Å². The number of nitrogens with zero attached hydrogens (tertiary/aromatic N) is 3. The Morgan fingerprint density at radius 1 is 1.08 bits per heavy atom. The Hall–Kier alpha value is -1.64. The summed E-state index contributed by atoms with van der Waals surface area (Å²) in [5, 5.41) is 10.0. The van der Waals surface area contributed by atoms with E-state index in [2.05, 4.69) is 44.5 Å². The quantitative estimate of drug-likeness (QED) is 0.613. The zero-order valence-corrected chi connectivity index (χ0v) is 16.5. The SMILES string of the molecule is O[C@@H]1C[C@H]2CN(C3=Nc4cc(I)ccc4Oc4ccccc43)CCN2C1. The molecule has 1 N–H and O–H groups in total. The Morgan fingerprint density at radius 2 is 1.96 bits per heavy atom. The van der Waals surface area contributed by atoms with E-state index < -0.39 is 0 Å². The highest BCUT2D eigenvalue weighted by Crippen LogP contribution is 2.39. The van der Waals surface area contributed by atoms with Gasteiger partial charge in [-0.2, -0.15) is 0 Å². The first-order valence-electron chi connectivity index (χ1n) is 9.00. The fraction of sp³-hybridized carbons (Fsp3) is 0.350. The van der Waals surface area contributed by atoms with Gasteiger partial charge in [-0.15, -0.1) is 0 Å². The van der Waals surface area contributed by atoms with E-state index in [0.29, 0.717) is 6.04 Å². The van der Waals surface area contributed by atoms with Crippen molar-refractivity contribution >= 4 is 34.1 Å². The first-order valence-corrected chi connectivity index (χ1v) is 10.1. The van der Waals surface area contributed by atoms with E-state index in [4.69, 9.17) is 9.73 Å². The van der Waals surface area contributed by atoms with Crippen molar-refractivity contribution in [1.29, 1.82) is 0 Å². The molecule has 5 nitrogen and oxygen atoms in total. The van der Waals surface area contributed by atoms with Crippen molar-refractivity contribution in [1.82, 2.24) is 9.80 Å². The molecule has 3 aliphatic rings. The number of fused-ring (bicyclic) bond motifs is 3. The highest BCUT2D eigenvalue weighted by Gasteiger charge is 2.37. The minimum Gasteiger partial charge on any atom is -0.454 e. The van der Waals surface area contributed by atoms with E-state index in [1.54, 1.807) is 0 Å². The van der Waals surface area contributed by atoms with Crippen LogP contribution in [0.5, 0.6) is 11.5 Å². The number of para-hydroxylation sites is 1. The van der Waals surface area contributed by atoms with Crippen LogP contribution < -0.4 is 4.74 Å². The van der Waals surface area contributed by atoms with E-state index in [1.807, 2.05) is 30.3 Å². The normalized spacial score (nSPS) is 24.8. The summed E-state index contributed by atoms with van der Waals surface area (Å²) >= 11 is 2.31. The molecule has 2 aromatic rings. The fourth-order valence-electron chi connectivity index (χ4n) is 4.15. The Balaban J connectivity index is 1.57. The van der Waals surface area contributed by atoms with Gasteiger partial charge in [-0.25, -0.2) is 4.99 Å². The molecule has 3 aliphatic heterocycles. The molecule has 26 heavy (non-hydrogen) atoms. The molecule has 0 amide bonds. The number of halogens is 1. The van der Waals surface area contributed by atoms with Crippen LogP contribution >= 0.6 is 22.6 Å². The lowest BCUT2D eigenvalue weighted by atomic mass is 10.1. The van der Waals surface area contributed by atoms with Crippen molar-refractivity contribution < 1.29 is 9.84 Å². The zero-order chi connectivity index (χ0) is 17.7. The smallest absolute Gasteiger partial charge is 0.153 e. The molecule has 0 saturated carbocycles. The van der Waals surface area contributed by atoms with Crippen molar-refractivity contribution in [2.24, 2.45) is 4.99 Å². The first kappa shape index (κ1) is 16.5. The number of aliphatic hydroxyl groups excluding tert-OH is 1. The Bertz CT molecular complexity index is 885. The molecule has 5 rings (SSSR count). The lowest BCUT2D eigenvalue weighted by molar-refractivity contribution is 0.143. The molecule has 0 radical (unpaired) electrons. The molecule has 2 fully saturated rings. The van der Waals surface area contributed by atoms with Crippen molar-refractivity contribution in [2.75, 3.05) is 26.2 Å². The monoisotopic (exact) mass is 461 g/mol. The number of rotatable bonds is 0. The van der Waals surface area contributed by atoms with Crippen molar-refractivity contribution in [2.45, 2.75) is 18.6 Å². The van der Waals surface area contributed by atoms with Crippen molar-refractivity contribution in [3.05, 3.63) is 51.6 Å². The van der Waals surface area contributed by atoms with Gasteiger partial charge in [0.05, 0.1) is 11.7 Å². The standard InChI is InChI=1S/C20H20IN3O2/c21-13-5-6-19-17(9-13)22-20(16-3-1-2-4-18(16)26-19)24-8-7-23-12-15(25)10-14(23)11-24/h1-6,9,14-15,25H,7-8,10-12H2/t14-,15+/m0/s1. The second kappa shape index (κ2) is 6.51. The van der Waals surface area contributed by atoms with Crippen LogP contribution in [-0.2, 0) is 0 Å². The summed E-state index contributed by atoms with van der Waals surface area (Å²) in [6.07, 6.45) is 0.644. The molecule has 2 aromatic carbocycles. The maximum absolute atomic E-state index is 10.0. The molecule has 0 unspecified atom stereocenters. The van der Waals surface area contributed by atoms with Gasteiger partial charge in [0.1, 0.15) is 17.3 Å². The van der Waals surface area contributed by atoms with Gasteiger partial charge >= 0.3 is 0 Å². The van der Waals surface area contributed by atoms with Crippen LogP contribution in [0.1, 0.15) is 12.0 Å². The van der Waals surface area contributed by atoms with Gasteiger partial charge in [-0.1, -0.05) is 12.1 Å². The summed E-state index contributed by atoms with van der Waals surface area (Å²) < 4.78 is 7.33. The molecule has 0 spiro atoms. The molecular formula is C20H20IN3O2. The third-order valence-corrected chi connectivity index (χ3v) is 6.06. The highest BCUT2D eigenvalue weighted by atomic mass is 127. The number of piperazine rings is 1. The van der Waals surface area contributed by atoms with Gasteiger partial charge in [-0.05, 0) is 59.3 Å². The summed E-state index contributed by atoms with van der Waals surface area (Å²) in [7, 11) is 0. The third kappa shape index (κ3) is 2.90. The van der Waals surface area contributed by atoms with Crippen molar-refractivity contribution in [3.8, 4) is 11.5 Å².